The lowest BCUT2D eigenvalue weighted by atomic mass is 10.2. The first-order chi connectivity index (χ1) is 5.65. The first-order valence-electron chi connectivity index (χ1n) is 3.18. The first kappa shape index (κ1) is 8.87. The SMILES string of the molecule is C=C(C(=O)OC)c1ccc(Cl)o1. The van der Waals surface area contributed by atoms with E-state index in [1.165, 1.54) is 13.2 Å². The number of carbonyl (C=O) groups excluding carboxylic acids is 1. The van der Waals surface area contributed by atoms with Crippen LogP contribution < -0.4 is 0 Å². The molecule has 12 heavy (non-hydrogen) atoms. The molecular weight excluding hydrogens is 180 g/mol. The van der Waals surface area contributed by atoms with E-state index in [0.717, 1.165) is 0 Å². The van der Waals surface area contributed by atoms with Crippen molar-refractivity contribution in [3.05, 3.63) is 29.7 Å². The summed E-state index contributed by atoms with van der Waals surface area (Å²) in [6.07, 6.45) is 0. The van der Waals surface area contributed by atoms with Gasteiger partial charge in [0.1, 0.15) is 5.76 Å². The van der Waals surface area contributed by atoms with Gasteiger partial charge in [-0.05, 0) is 23.7 Å². The normalized spacial score (nSPS) is 9.50. The van der Waals surface area contributed by atoms with Gasteiger partial charge in [-0.15, -0.1) is 0 Å². The standard InChI is InChI=1S/C8H7ClO3/c1-5(8(10)11-2)6-3-4-7(9)12-6/h3-4H,1H2,2H3. The Morgan fingerprint density at radius 3 is 2.75 bits per heavy atom. The van der Waals surface area contributed by atoms with Gasteiger partial charge in [0.05, 0.1) is 12.7 Å². The predicted octanol–water partition coefficient (Wildman–Crippen LogP) is 2.12. The van der Waals surface area contributed by atoms with Gasteiger partial charge in [0, 0.05) is 0 Å². The van der Waals surface area contributed by atoms with Crippen LogP contribution >= 0.6 is 11.6 Å². The van der Waals surface area contributed by atoms with Crippen LogP contribution in [-0.4, -0.2) is 13.1 Å². The second-order valence-corrected chi connectivity index (χ2v) is 2.45. The number of rotatable bonds is 2. The summed E-state index contributed by atoms with van der Waals surface area (Å²) in [7, 11) is 1.28. The van der Waals surface area contributed by atoms with Crippen molar-refractivity contribution in [1.29, 1.82) is 0 Å². The maximum absolute atomic E-state index is 10.9. The van der Waals surface area contributed by atoms with Crippen molar-refractivity contribution in [2.45, 2.75) is 0 Å². The highest BCUT2D eigenvalue weighted by Gasteiger charge is 2.12. The fraction of sp³-hybridized carbons (Fsp3) is 0.125. The van der Waals surface area contributed by atoms with E-state index in [1.807, 2.05) is 0 Å². The van der Waals surface area contributed by atoms with Gasteiger partial charge in [-0.2, -0.15) is 0 Å². The summed E-state index contributed by atoms with van der Waals surface area (Å²) in [6.45, 7) is 3.48. The Hall–Kier alpha value is -1.22. The quantitative estimate of drug-likeness (QED) is 0.525. The number of furan rings is 1. The van der Waals surface area contributed by atoms with Crippen molar-refractivity contribution in [2.24, 2.45) is 0 Å². The fourth-order valence-electron chi connectivity index (χ4n) is 0.700. The molecular formula is C8H7ClO3. The van der Waals surface area contributed by atoms with E-state index in [1.54, 1.807) is 6.07 Å². The summed E-state index contributed by atoms with van der Waals surface area (Å²) < 4.78 is 9.37. The molecule has 0 atom stereocenters. The molecule has 0 radical (unpaired) electrons. The van der Waals surface area contributed by atoms with Crippen LogP contribution in [0.25, 0.3) is 5.57 Å². The van der Waals surface area contributed by atoms with Crippen LogP contribution in [0, 0.1) is 0 Å². The average Bonchev–Trinajstić information content (AvgIpc) is 2.49. The van der Waals surface area contributed by atoms with Gasteiger partial charge in [-0.3, -0.25) is 0 Å². The molecule has 1 heterocycles. The van der Waals surface area contributed by atoms with E-state index in [4.69, 9.17) is 16.0 Å². The third-order valence-electron chi connectivity index (χ3n) is 1.30. The lowest BCUT2D eigenvalue weighted by Gasteiger charge is -1.97. The summed E-state index contributed by atoms with van der Waals surface area (Å²) >= 11 is 5.49. The van der Waals surface area contributed by atoms with Crippen LogP contribution in [0.3, 0.4) is 0 Å². The highest BCUT2D eigenvalue weighted by Crippen LogP contribution is 2.20. The van der Waals surface area contributed by atoms with Gasteiger partial charge in [0.25, 0.3) is 0 Å². The van der Waals surface area contributed by atoms with Gasteiger partial charge in [0.2, 0.25) is 0 Å². The Bertz CT molecular complexity index is 314. The zero-order chi connectivity index (χ0) is 9.14. The highest BCUT2D eigenvalue weighted by atomic mass is 35.5. The number of hydrogen-bond donors (Lipinski definition) is 0. The van der Waals surface area contributed by atoms with E-state index < -0.39 is 5.97 Å². The number of carbonyl (C=O) groups is 1. The van der Waals surface area contributed by atoms with Crippen molar-refractivity contribution < 1.29 is 13.9 Å². The van der Waals surface area contributed by atoms with Crippen molar-refractivity contribution in [3.63, 3.8) is 0 Å². The summed E-state index contributed by atoms with van der Waals surface area (Å²) in [5.41, 5.74) is 0.157. The van der Waals surface area contributed by atoms with Gasteiger partial charge in [0.15, 0.2) is 5.22 Å². The van der Waals surface area contributed by atoms with Crippen LogP contribution in [-0.2, 0) is 9.53 Å². The minimum Gasteiger partial charge on any atom is -0.465 e. The zero-order valence-corrected chi connectivity index (χ0v) is 7.22. The van der Waals surface area contributed by atoms with Crippen LogP contribution in [0.2, 0.25) is 5.22 Å². The van der Waals surface area contributed by atoms with Gasteiger partial charge in [-0.1, -0.05) is 6.58 Å². The molecule has 3 nitrogen and oxygen atoms in total. The number of halogens is 1. The Labute approximate surface area is 74.6 Å². The third kappa shape index (κ3) is 1.68. The molecule has 4 heteroatoms. The maximum Gasteiger partial charge on any atom is 0.341 e. The molecule has 0 unspecified atom stereocenters. The van der Waals surface area contributed by atoms with E-state index >= 15 is 0 Å². The maximum atomic E-state index is 10.9. The lowest BCUT2D eigenvalue weighted by molar-refractivity contribution is -0.133. The summed E-state index contributed by atoms with van der Waals surface area (Å²) in [6, 6.07) is 3.09. The molecule has 0 amide bonds. The summed E-state index contributed by atoms with van der Waals surface area (Å²) in [4.78, 5) is 10.9. The topological polar surface area (TPSA) is 39.4 Å². The Kier molecular flexibility index (Phi) is 2.55. The minimum absolute atomic E-state index is 0.157. The smallest absolute Gasteiger partial charge is 0.341 e. The second-order valence-electron chi connectivity index (χ2n) is 2.07. The van der Waals surface area contributed by atoms with E-state index in [0.29, 0.717) is 5.76 Å². The largest absolute Gasteiger partial charge is 0.465 e. The molecule has 0 fully saturated rings. The van der Waals surface area contributed by atoms with Crippen LogP contribution in [0.5, 0.6) is 0 Å². The molecule has 1 aromatic heterocycles. The van der Waals surface area contributed by atoms with Gasteiger partial charge in [-0.25, -0.2) is 4.79 Å². The van der Waals surface area contributed by atoms with Gasteiger partial charge < -0.3 is 9.15 Å². The molecule has 0 saturated carbocycles. The van der Waals surface area contributed by atoms with Crippen molar-refractivity contribution >= 4 is 23.1 Å². The van der Waals surface area contributed by atoms with Crippen LogP contribution in [0.15, 0.2) is 23.1 Å². The average molecular weight is 187 g/mol. The highest BCUT2D eigenvalue weighted by molar-refractivity contribution is 6.29. The Balaban J connectivity index is 2.85. The molecule has 0 bridgehead atoms. The zero-order valence-electron chi connectivity index (χ0n) is 6.46. The van der Waals surface area contributed by atoms with Crippen molar-refractivity contribution in [1.82, 2.24) is 0 Å². The lowest BCUT2D eigenvalue weighted by Crippen LogP contribution is -2.01. The van der Waals surface area contributed by atoms with Crippen LogP contribution in [0.1, 0.15) is 5.76 Å². The molecule has 1 rings (SSSR count). The molecule has 0 spiro atoms. The first-order valence-corrected chi connectivity index (χ1v) is 3.56. The van der Waals surface area contributed by atoms with E-state index in [9.17, 15) is 4.79 Å². The second kappa shape index (κ2) is 3.45. The number of esters is 1. The Morgan fingerprint density at radius 1 is 1.67 bits per heavy atom. The number of hydrogen-bond acceptors (Lipinski definition) is 3. The van der Waals surface area contributed by atoms with Crippen molar-refractivity contribution in [3.8, 4) is 0 Å². The molecule has 0 aliphatic heterocycles. The molecule has 1 aromatic rings. The number of methoxy groups -OCH3 is 1. The monoisotopic (exact) mass is 186 g/mol. The molecule has 64 valence electrons. The fourth-order valence-corrected chi connectivity index (χ4v) is 0.846. The summed E-state index contributed by atoms with van der Waals surface area (Å²) in [5.74, 6) is -0.201. The molecule has 0 N–H and O–H groups in total. The molecule has 0 aliphatic carbocycles. The van der Waals surface area contributed by atoms with Gasteiger partial charge >= 0.3 is 5.97 Å². The van der Waals surface area contributed by atoms with Crippen molar-refractivity contribution in [2.75, 3.05) is 7.11 Å². The molecule has 0 aromatic carbocycles. The Morgan fingerprint density at radius 2 is 2.33 bits per heavy atom. The molecule has 0 aliphatic rings. The summed E-state index contributed by atoms with van der Waals surface area (Å²) in [5, 5.41) is 0.218. The molecule has 0 saturated heterocycles. The number of ether oxygens (including phenoxy) is 1. The predicted molar refractivity (Wildman–Crippen MR) is 44.8 cm³/mol. The third-order valence-corrected chi connectivity index (χ3v) is 1.51. The van der Waals surface area contributed by atoms with E-state index in [-0.39, 0.29) is 10.8 Å². The minimum atomic E-state index is -0.527. The van der Waals surface area contributed by atoms with Crippen LogP contribution in [0.4, 0.5) is 0 Å². The van der Waals surface area contributed by atoms with E-state index in [2.05, 4.69) is 11.3 Å².